The highest BCUT2D eigenvalue weighted by molar-refractivity contribution is 4.51. The molecule has 0 radical (unpaired) electrons. The topological polar surface area (TPSA) is 122 Å². The Kier molecular flexibility index (Phi) is 34.7. The summed E-state index contributed by atoms with van der Waals surface area (Å²) in [6.07, 6.45) is 0. The first-order chi connectivity index (χ1) is 3.15. The van der Waals surface area contributed by atoms with Crippen molar-refractivity contribution in [3.63, 3.8) is 0 Å². The molecule has 0 fully saturated rings. The maximum Gasteiger partial charge on any atom is 0.291 e. The van der Waals surface area contributed by atoms with E-state index in [2.05, 4.69) is 0 Å². The van der Waals surface area contributed by atoms with Crippen molar-refractivity contribution in [2.45, 2.75) is 6.92 Å². The Morgan fingerprint density at radius 3 is 1.88 bits per heavy atom. The van der Waals surface area contributed by atoms with Crippen LogP contribution >= 0.6 is 0 Å². The van der Waals surface area contributed by atoms with Gasteiger partial charge in [-0.25, -0.2) is 0 Å². The molecule has 4 N–H and O–H groups in total. The Morgan fingerprint density at radius 2 is 1.88 bits per heavy atom. The van der Waals surface area contributed by atoms with Crippen LogP contribution in [0.4, 0.5) is 0 Å². The Morgan fingerprint density at radius 1 is 1.88 bits per heavy atom. The van der Waals surface area contributed by atoms with Gasteiger partial charge in [0.15, 0.2) is 0 Å². The first kappa shape index (κ1) is 15.9. The van der Waals surface area contributed by atoms with Crippen molar-refractivity contribution in [2.24, 2.45) is 0 Å². The molecule has 0 bridgehead atoms. The number of rotatable bonds is 0. The summed E-state index contributed by atoms with van der Waals surface area (Å²) < 4.78 is 0. The lowest BCUT2D eigenvalue weighted by atomic mass is 11.0. The van der Waals surface area contributed by atoms with E-state index in [1.165, 1.54) is 6.92 Å². The molecule has 0 spiro atoms. The molecule has 0 saturated carbocycles. The Hall–Kier alpha value is -1.35. The number of nitrogens with zero attached hydrogens (tertiary/aromatic N) is 2. The second-order valence-corrected chi connectivity index (χ2v) is 0.461. The summed E-state index contributed by atoms with van der Waals surface area (Å²) in [7, 11) is 0. The first-order valence-corrected chi connectivity index (χ1v) is 1.29. The third-order valence-electron chi connectivity index (χ3n) is 0. The third kappa shape index (κ3) is 34.0. The van der Waals surface area contributed by atoms with E-state index in [0.29, 0.717) is 0 Å². The molecule has 8 heavy (non-hydrogen) atoms. The van der Waals surface area contributed by atoms with Gasteiger partial charge in [0.25, 0.3) is 5.09 Å². The smallest absolute Gasteiger partial charge is 0.291 e. The van der Waals surface area contributed by atoms with Gasteiger partial charge in [0.1, 0.15) is 0 Å². The Labute approximate surface area is 46.0 Å². The van der Waals surface area contributed by atoms with Gasteiger partial charge in [-0.1, -0.05) is 0 Å². The molecule has 48 valence electrons. The van der Waals surface area contributed by atoms with Crippen LogP contribution in [-0.2, 0) is 0 Å². The molecule has 0 unspecified atom stereocenters. The summed E-state index contributed by atoms with van der Waals surface area (Å²) in [6, 6.07) is 1.75. The van der Waals surface area contributed by atoms with E-state index in [9.17, 15) is 0 Å². The van der Waals surface area contributed by atoms with Gasteiger partial charge in [-0.15, -0.1) is 10.1 Å². The standard InChI is InChI=1S/C2H3N.HNO3.H3N/c1-2-3;2-1(3)4;/h1H3;(H,2,3,4);1H3. The SMILES string of the molecule is CC#N.N.O=[N+]([O-])O. The van der Waals surface area contributed by atoms with Crippen LogP contribution in [0.3, 0.4) is 0 Å². The van der Waals surface area contributed by atoms with Crippen LogP contribution in [0.1, 0.15) is 6.92 Å². The average Bonchev–Trinajstić information content (AvgIpc) is 1.33. The molecule has 6 heteroatoms. The van der Waals surface area contributed by atoms with Crippen molar-refractivity contribution < 1.29 is 10.3 Å². The van der Waals surface area contributed by atoms with Gasteiger partial charge in [-0.3, -0.25) is 0 Å². The van der Waals surface area contributed by atoms with Crippen LogP contribution in [0.15, 0.2) is 0 Å². The quantitative estimate of drug-likeness (QED) is 0.353. The Bertz CT molecular complexity index is 81.0. The summed E-state index contributed by atoms with van der Waals surface area (Å²) in [5.41, 5.74) is 0. The fraction of sp³-hybridized carbons (Fsp3) is 0.500. The molecule has 0 amide bonds. The predicted molar refractivity (Wildman–Crippen MR) is 25.1 cm³/mol. The summed E-state index contributed by atoms with van der Waals surface area (Å²) in [6.45, 7) is 1.43. The van der Waals surface area contributed by atoms with Gasteiger partial charge < -0.3 is 11.4 Å². The highest BCUT2D eigenvalue weighted by Gasteiger charge is 1.65. The second-order valence-electron chi connectivity index (χ2n) is 0.461. The van der Waals surface area contributed by atoms with E-state index in [-0.39, 0.29) is 6.15 Å². The van der Waals surface area contributed by atoms with Crippen LogP contribution in [-0.4, -0.2) is 10.3 Å². The molecule has 6 nitrogen and oxygen atoms in total. The molecule has 0 atom stereocenters. The molecule has 0 rings (SSSR count). The van der Waals surface area contributed by atoms with Crippen molar-refractivity contribution in [3.05, 3.63) is 10.1 Å². The zero-order chi connectivity index (χ0) is 6.28. The van der Waals surface area contributed by atoms with Crippen molar-refractivity contribution in [1.29, 1.82) is 5.26 Å². The first-order valence-electron chi connectivity index (χ1n) is 1.29. The van der Waals surface area contributed by atoms with E-state index < -0.39 is 5.09 Å². The van der Waals surface area contributed by atoms with E-state index in [1.807, 2.05) is 0 Å². The van der Waals surface area contributed by atoms with Crippen molar-refractivity contribution in [2.75, 3.05) is 0 Å². The highest BCUT2D eigenvalue weighted by Crippen LogP contribution is 1.38. The monoisotopic (exact) mass is 121 g/mol. The minimum absolute atomic E-state index is 0. The van der Waals surface area contributed by atoms with E-state index in [0.717, 1.165) is 0 Å². The minimum atomic E-state index is -1.50. The van der Waals surface area contributed by atoms with Gasteiger partial charge in [-0.05, 0) is 0 Å². The summed E-state index contributed by atoms with van der Waals surface area (Å²) in [5.74, 6) is 0. The molecule has 0 aromatic carbocycles. The maximum atomic E-state index is 8.36. The lowest BCUT2D eigenvalue weighted by Gasteiger charge is -1.56. The van der Waals surface area contributed by atoms with E-state index >= 15 is 0 Å². The van der Waals surface area contributed by atoms with Gasteiger partial charge in [0.2, 0.25) is 0 Å². The maximum absolute atomic E-state index is 8.36. The predicted octanol–water partition coefficient (Wildman–Crippen LogP) is 0.344. The molecular weight excluding hydrogens is 114 g/mol. The van der Waals surface area contributed by atoms with Gasteiger partial charge >= 0.3 is 0 Å². The molecule has 0 aliphatic rings. The second kappa shape index (κ2) is 17.4. The fourth-order valence-corrected chi connectivity index (χ4v) is 0. The van der Waals surface area contributed by atoms with Crippen molar-refractivity contribution in [3.8, 4) is 6.07 Å². The molecule has 0 aromatic heterocycles. The Balaban J connectivity index is -0.0000000575. The van der Waals surface area contributed by atoms with Crippen LogP contribution < -0.4 is 6.15 Å². The average molecular weight is 121 g/mol. The lowest BCUT2D eigenvalue weighted by molar-refractivity contribution is -0.742. The highest BCUT2D eigenvalue weighted by atomic mass is 16.9. The van der Waals surface area contributed by atoms with Crippen LogP contribution in [0, 0.1) is 21.4 Å². The van der Waals surface area contributed by atoms with Gasteiger partial charge in [0.05, 0.1) is 6.07 Å². The molecule has 0 saturated heterocycles. The van der Waals surface area contributed by atoms with Crippen LogP contribution in [0.5, 0.6) is 0 Å². The number of hydrogen-bond acceptors (Lipinski definition) is 4. The molecule has 0 aromatic rings. The molecule has 0 heterocycles. The number of hydrogen-bond donors (Lipinski definition) is 2. The largest absolute Gasteiger partial charge is 0.344 e. The zero-order valence-corrected chi connectivity index (χ0v) is 4.37. The van der Waals surface area contributed by atoms with Crippen molar-refractivity contribution >= 4 is 0 Å². The van der Waals surface area contributed by atoms with Gasteiger partial charge in [-0.2, -0.15) is 5.26 Å². The molecule has 0 aliphatic carbocycles. The van der Waals surface area contributed by atoms with Gasteiger partial charge in [0, 0.05) is 6.92 Å². The lowest BCUT2D eigenvalue weighted by Crippen LogP contribution is -1.81. The minimum Gasteiger partial charge on any atom is -0.344 e. The number of nitriles is 1. The van der Waals surface area contributed by atoms with Crippen molar-refractivity contribution in [1.82, 2.24) is 6.15 Å². The molecular formula is C2H7N3O3. The van der Waals surface area contributed by atoms with Crippen LogP contribution in [0.2, 0.25) is 0 Å². The van der Waals surface area contributed by atoms with E-state index in [1.54, 1.807) is 6.07 Å². The zero-order valence-electron chi connectivity index (χ0n) is 4.37. The summed E-state index contributed by atoms with van der Waals surface area (Å²) in [5, 5.41) is 21.0. The fourth-order valence-electron chi connectivity index (χ4n) is 0. The summed E-state index contributed by atoms with van der Waals surface area (Å²) in [4.78, 5) is 8.36. The normalized spacial score (nSPS) is 4.00. The van der Waals surface area contributed by atoms with E-state index in [4.69, 9.17) is 20.6 Å². The third-order valence-corrected chi connectivity index (χ3v) is 0. The van der Waals surface area contributed by atoms with Crippen LogP contribution in [0.25, 0.3) is 0 Å². The molecule has 0 aliphatic heterocycles. The summed E-state index contributed by atoms with van der Waals surface area (Å²) >= 11 is 0.